The molecule has 0 unspecified atom stereocenters. The Hall–Kier alpha value is -1.34. The lowest BCUT2D eigenvalue weighted by molar-refractivity contribution is 0.285. The molecule has 1 aliphatic carbocycles. The van der Waals surface area contributed by atoms with Gasteiger partial charge < -0.3 is 5.32 Å². The van der Waals surface area contributed by atoms with Crippen LogP contribution in [0.4, 0.5) is 0 Å². The minimum atomic E-state index is -0.0425. The van der Waals surface area contributed by atoms with Crippen molar-refractivity contribution in [1.82, 2.24) is 5.32 Å². The average Bonchev–Trinajstić information content (AvgIpc) is 2.79. The summed E-state index contributed by atoms with van der Waals surface area (Å²) < 4.78 is 0. The van der Waals surface area contributed by atoms with Gasteiger partial charge in [0.1, 0.15) is 0 Å². The molecule has 0 aliphatic heterocycles. The van der Waals surface area contributed by atoms with Crippen LogP contribution in [0.2, 0.25) is 0 Å². The molecule has 0 atom stereocenters. The first-order valence-electron chi connectivity index (χ1n) is 7.03. The third-order valence-electron chi connectivity index (χ3n) is 3.43. The summed E-state index contributed by atoms with van der Waals surface area (Å²) in [5.74, 6) is 0.414. The summed E-state index contributed by atoms with van der Waals surface area (Å²) in [5, 5.41) is 3.73. The Morgan fingerprint density at radius 1 is 0.895 bits per heavy atom. The quantitative estimate of drug-likeness (QED) is 0.837. The van der Waals surface area contributed by atoms with Gasteiger partial charge in [0.15, 0.2) is 0 Å². The summed E-state index contributed by atoms with van der Waals surface area (Å²) in [6.45, 7) is 11.2. The highest BCUT2D eigenvalue weighted by atomic mass is 15.0. The van der Waals surface area contributed by atoms with Gasteiger partial charge in [0, 0.05) is 17.0 Å². The standard InChI is InChI=1S/C18H25N/c1-17(2,3)19-18(4,5)16-13-9-8-12-15(16)14-10-6-7-11-14/h6-14,19H,1-5H3. The normalized spacial score (nSPS) is 16.3. The molecule has 0 radical (unpaired) electrons. The van der Waals surface area contributed by atoms with Gasteiger partial charge in [-0.3, -0.25) is 0 Å². The van der Waals surface area contributed by atoms with E-state index in [0.717, 1.165) is 0 Å². The first-order chi connectivity index (χ1) is 8.80. The van der Waals surface area contributed by atoms with Crippen LogP contribution in [0.3, 0.4) is 0 Å². The van der Waals surface area contributed by atoms with E-state index in [2.05, 4.69) is 88.5 Å². The van der Waals surface area contributed by atoms with Gasteiger partial charge in [0.05, 0.1) is 0 Å². The van der Waals surface area contributed by atoms with E-state index in [9.17, 15) is 0 Å². The van der Waals surface area contributed by atoms with Crippen LogP contribution in [0.25, 0.3) is 0 Å². The summed E-state index contributed by atoms with van der Waals surface area (Å²) in [5.41, 5.74) is 2.83. The minimum absolute atomic E-state index is 0.0425. The molecule has 1 aromatic carbocycles. The molecule has 0 amide bonds. The van der Waals surface area contributed by atoms with Crippen molar-refractivity contribution in [1.29, 1.82) is 0 Å². The minimum Gasteiger partial charge on any atom is -0.303 e. The summed E-state index contributed by atoms with van der Waals surface area (Å²) in [6, 6.07) is 8.75. The lowest BCUT2D eigenvalue weighted by Crippen LogP contribution is -2.48. The smallest absolute Gasteiger partial charge is 0.0384 e. The van der Waals surface area contributed by atoms with Crippen molar-refractivity contribution in [3.05, 3.63) is 59.7 Å². The Kier molecular flexibility index (Phi) is 3.69. The number of rotatable bonds is 3. The van der Waals surface area contributed by atoms with E-state index >= 15 is 0 Å². The summed E-state index contributed by atoms with van der Waals surface area (Å²) >= 11 is 0. The van der Waals surface area contributed by atoms with Gasteiger partial charge >= 0.3 is 0 Å². The third-order valence-corrected chi connectivity index (χ3v) is 3.43. The van der Waals surface area contributed by atoms with Crippen LogP contribution in [0, 0.1) is 0 Å². The molecule has 1 aromatic rings. The lowest BCUT2D eigenvalue weighted by atomic mass is 9.83. The predicted octanol–water partition coefficient (Wildman–Crippen LogP) is 4.52. The highest BCUT2D eigenvalue weighted by Gasteiger charge is 2.29. The molecule has 1 heteroatoms. The highest BCUT2D eigenvalue weighted by Crippen LogP contribution is 2.33. The van der Waals surface area contributed by atoms with E-state index < -0.39 is 0 Å². The van der Waals surface area contributed by atoms with Crippen molar-refractivity contribution >= 4 is 0 Å². The zero-order chi connectivity index (χ0) is 14.1. The van der Waals surface area contributed by atoms with Crippen molar-refractivity contribution in [3.63, 3.8) is 0 Å². The zero-order valence-corrected chi connectivity index (χ0v) is 12.7. The molecule has 0 saturated heterocycles. The average molecular weight is 255 g/mol. The van der Waals surface area contributed by atoms with Crippen LogP contribution < -0.4 is 5.32 Å². The molecule has 2 rings (SSSR count). The second-order valence-corrected chi connectivity index (χ2v) is 6.88. The summed E-state index contributed by atoms with van der Waals surface area (Å²) in [7, 11) is 0. The monoisotopic (exact) mass is 255 g/mol. The molecule has 0 spiro atoms. The Labute approximate surface area is 117 Å². The Bertz CT molecular complexity index is 489. The van der Waals surface area contributed by atoms with E-state index in [1.807, 2.05) is 0 Å². The van der Waals surface area contributed by atoms with E-state index in [1.54, 1.807) is 0 Å². The fourth-order valence-electron chi connectivity index (χ4n) is 3.00. The van der Waals surface area contributed by atoms with Gasteiger partial charge in [0.25, 0.3) is 0 Å². The van der Waals surface area contributed by atoms with Gasteiger partial charge in [-0.15, -0.1) is 0 Å². The number of nitrogens with one attached hydrogen (secondary N) is 1. The fraction of sp³-hybridized carbons (Fsp3) is 0.444. The molecule has 19 heavy (non-hydrogen) atoms. The van der Waals surface area contributed by atoms with Gasteiger partial charge in [-0.1, -0.05) is 48.6 Å². The number of benzene rings is 1. The van der Waals surface area contributed by atoms with Crippen LogP contribution in [0.15, 0.2) is 48.6 Å². The van der Waals surface area contributed by atoms with Crippen molar-refractivity contribution in [2.45, 2.75) is 51.6 Å². The molecule has 1 N–H and O–H groups in total. The highest BCUT2D eigenvalue weighted by molar-refractivity contribution is 5.43. The molecule has 0 aromatic heterocycles. The Morgan fingerprint density at radius 2 is 1.47 bits per heavy atom. The van der Waals surface area contributed by atoms with Crippen LogP contribution >= 0.6 is 0 Å². The summed E-state index contributed by atoms with van der Waals surface area (Å²) in [4.78, 5) is 0. The van der Waals surface area contributed by atoms with Gasteiger partial charge in [0.2, 0.25) is 0 Å². The molecule has 0 fully saturated rings. The maximum Gasteiger partial charge on any atom is 0.0384 e. The van der Waals surface area contributed by atoms with Crippen molar-refractivity contribution in [3.8, 4) is 0 Å². The molecular weight excluding hydrogens is 230 g/mol. The van der Waals surface area contributed by atoms with E-state index in [-0.39, 0.29) is 11.1 Å². The molecule has 1 nitrogen and oxygen atoms in total. The van der Waals surface area contributed by atoms with Crippen LogP contribution in [-0.2, 0) is 5.54 Å². The lowest BCUT2D eigenvalue weighted by Gasteiger charge is -2.37. The van der Waals surface area contributed by atoms with Crippen molar-refractivity contribution in [2.75, 3.05) is 0 Å². The maximum atomic E-state index is 3.73. The first kappa shape index (κ1) is 14.1. The van der Waals surface area contributed by atoms with Gasteiger partial charge in [-0.05, 0) is 45.7 Å². The number of hydrogen-bond acceptors (Lipinski definition) is 1. The number of allylic oxidation sites excluding steroid dienone is 4. The van der Waals surface area contributed by atoms with E-state index in [0.29, 0.717) is 5.92 Å². The van der Waals surface area contributed by atoms with E-state index in [1.165, 1.54) is 11.1 Å². The molecule has 0 saturated carbocycles. The van der Waals surface area contributed by atoms with Crippen LogP contribution in [0.5, 0.6) is 0 Å². The maximum absolute atomic E-state index is 3.73. The fourth-order valence-corrected chi connectivity index (χ4v) is 3.00. The SMILES string of the molecule is CC(C)(C)NC(C)(C)c1ccccc1C1C=CC=C1. The topological polar surface area (TPSA) is 12.0 Å². The Balaban J connectivity index is 2.39. The molecule has 1 aliphatic rings. The van der Waals surface area contributed by atoms with Crippen LogP contribution in [0.1, 0.15) is 51.7 Å². The van der Waals surface area contributed by atoms with Crippen LogP contribution in [-0.4, -0.2) is 5.54 Å². The van der Waals surface area contributed by atoms with E-state index in [4.69, 9.17) is 0 Å². The van der Waals surface area contributed by atoms with Gasteiger partial charge in [-0.25, -0.2) is 0 Å². The van der Waals surface area contributed by atoms with Crippen molar-refractivity contribution < 1.29 is 0 Å². The predicted molar refractivity (Wildman–Crippen MR) is 83.4 cm³/mol. The summed E-state index contributed by atoms with van der Waals surface area (Å²) in [6.07, 6.45) is 8.77. The zero-order valence-electron chi connectivity index (χ0n) is 12.7. The van der Waals surface area contributed by atoms with Gasteiger partial charge in [-0.2, -0.15) is 0 Å². The Morgan fingerprint density at radius 3 is 2.05 bits per heavy atom. The van der Waals surface area contributed by atoms with Crippen molar-refractivity contribution in [2.24, 2.45) is 0 Å². The first-order valence-corrected chi connectivity index (χ1v) is 7.03. The molecular formula is C18H25N. The largest absolute Gasteiger partial charge is 0.303 e. The molecule has 102 valence electrons. The second-order valence-electron chi connectivity index (χ2n) is 6.88. The molecule has 0 heterocycles. The second kappa shape index (κ2) is 4.97. The third kappa shape index (κ3) is 3.36. The molecule has 0 bridgehead atoms. The number of hydrogen-bond donors (Lipinski definition) is 1.